The van der Waals surface area contributed by atoms with Crippen LogP contribution in [0.5, 0.6) is 11.5 Å². The van der Waals surface area contributed by atoms with Gasteiger partial charge in [0, 0.05) is 18.2 Å². The summed E-state index contributed by atoms with van der Waals surface area (Å²) in [5.41, 5.74) is 3.56. The van der Waals surface area contributed by atoms with E-state index in [0.29, 0.717) is 42.9 Å². The van der Waals surface area contributed by atoms with Gasteiger partial charge in [-0.15, -0.1) is 0 Å². The molecular weight excluding hydrogens is 452 g/mol. The summed E-state index contributed by atoms with van der Waals surface area (Å²) in [5.74, 6) is 1.93. The minimum absolute atomic E-state index is 0.00296. The van der Waals surface area contributed by atoms with Crippen molar-refractivity contribution in [2.75, 3.05) is 19.8 Å². The standard InChI is InChI=1S/C30H38N2O4/c1-5-35-25-16-20-14-15-32-28(23(20)17-26(25)36-6-2)27(21-11-7-8-12-22(21)30(32)34)29(33)31-24-13-9-10-18(3)19(24)4/h7-8,11-12,16-19,24,27-28H,5-6,9-10,13-15H2,1-4H3,(H,31,33)/t18-,19-,24-,27-,28-/m1/s1. The number of carbonyl (C=O) groups is 2. The maximum absolute atomic E-state index is 14.1. The molecule has 2 aromatic carbocycles. The van der Waals surface area contributed by atoms with Gasteiger partial charge in [0.1, 0.15) is 0 Å². The Bertz CT molecular complexity index is 1150. The van der Waals surface area contributed by atoms with E-state index in [9.17, 15) is 9.59 Å². The molecule has 3 aliphatic rings. The lowest BCUT2D eigenvalue weighted by molar-refractivity contribution is -0.125. The molecule has 0 saturated heterocycles. The predicted octanol–water partition coefficient (Wildman–Crippen LogP) is 5.26. The highest BCUT2D eigenvalue weighted by Crippen LogP contribution is 2.48. The molecule has 2 aromatic rings. The minimum Gasteiger partial charge on any atom is -0.490 e. The fourth-order valence-electron chi connectivity index (χ4n) is 6.41. The summed E-state index contributed by atoms with van der Waals surface area (Å²) in [7, 11) is 0. The first-order valence-electron chi connectivity index (χ1n) is 13.6. The Morgan fingerprint density at radius 2 is 1.75 bits per heavy atom. The van der Waals surface area contributed by atoms with Crippen molar-refractivity contribution in [3.8, 4) is 11.5 Å². The highest BCUT2D eigenvalue weighted by atomic mass is 16.5. The monoisotopic (exact) mass is 490 g/mol. The quantitative estimate of drug-likeness (QED) is 0.600. The molecule has 2 aliphatic heterocycles. The second-order valence-corrected chi connectivity index (χ2v) is 10.5. The molecule has 192 valence electrons. The van der Waals surface area contributed by atoms with Gasteiger partial charge in [0.2, 0.25) is 5.91 Å². The van der Waals surface area contributed by atoms with Gasteiger partial charge in [0.05, 0.1) is 25.2 Å². The van der Waals surface area contributed by atoms with Crippen molar-refractivity contribution < 1.29 is 19.1 Å². The van der Waals surface area contributed by atoms with E-state index in [1.54, 1.807) is 0 Å². The first-order chi connectivity index (χ1) is 17.4. The van der Waals surface area contributed by atoms with E-state index in [1.807, 2.05) is 55.1 Å². The molecule has 2 amide bonds. The highest BCUT2D eigenvalue weighted by molar-refractivity contribution is 6.01. The zero-order chi connectivity index (χ0) is 25.4. The van der Waals surface area contributed by atoms with E-state index in [1.165, 1.54) is 6.42 Å². The maximum atomic E-state index is 14.1. The molecule has 0 unspecified atom stereocenters. The van der Waals surface area contributed by atoms with Crippen LogP contribution in [0.25, 0.3) is 0 Å². The van der Waals surface area contributed by atoms with Gasteiger partial charge in [-0.3, -0.25) is 9.59 Å². The fraction of sp³-hybridized carbons (Fsp3) is 0.533. The molecule has 1 N–H and O–H groups in total. The third kappa shape index (κ3) is 4.25. The smallest absolute Gasteiger partial charge is 0.254 e. The van der Waals surface area contributed by atoms with Crippen molar-refractivity contribution in [2.45, 2.75) is 71.4 Å². The number of hydrogen-bond donors (Lipinski definition) is 1. The van der Waals surface area contributed by atoms with Crippen molar-refractivity contribution >= 4 is 11.8 Å². The first kappa shape index (κ1) is 24.7. The second kappa shape index (κ2) is 10.2. The fourth-order valence-corrected chi connectivity index (χ4v) is 6.41. The molecular formula is C30H38N2O4. The summed E-state index contributed by atoms with van der Waals surface area (Å²) >= 11 is 0. The van der Waals surface area contributed by atoms with Crippen molar-refractivity contribution in [2.24, 2.45) is 11.8 Å². The molecule has 5 atom stereocenters. The van der Waals surface area contributed by atoms with Gasteiger partial charge in [-0.2, -0.15) is 0 Å². The summed E-state index contributed by atoms with van der Waals surface area (Å²) < 4.78 is 11.8. The Balaban J connectivity index is 1.59. The maximum Gasteiger partial charge on any atom is 0.254 e. The van der Waals surface area contributed by atoms with Crippen LogP contribution < -0.4 is 14.8 Å². The Morgan fingerprint density at radius 3 is 2.50 bits per heavy atom. The van der Waals surface area contributed by atoms with Gasteiger partial charge in [0.25, 0.3) is 5.91 Å². The number of ether oxygens (including phenoxy) is 2. The lowest BCUT2D eigenvalue weighted by Crippen LogP contribution is -2.52. The summed E-state index contributed by atoms with van der Waals surface area (Å²) in [5, 5.41) is 3.43. The number of nitrogens with zero attached hydrogens (tertiary/aromatic N) is 1. The molecule has 6 nitrogen and oxygen atoms in total. The van der Waals surface area contributed by atoms with Gasteiger partial charge in [-0.1, -0.05) is 44.9 Å². The van der Waals surface area contributed by atoms with Crippen molar-refractivity contribution in [1.82, 2.24) is 10.2 Å². The summed E-state index contributed by atoms with van der Waals surface area (Å²) in [4.78, 5) is 29.7. The van der Waals surface area contributed by atoms with E-state index in [-0.39, 0.29) is 23.9 Å². The van der Waals surface area contributed by atoms with Crippen molar-refractivity contribution in [1.29, 1.82) is 0 Å². The molecule has 0 spiro atoms. The molecule has 0 bridgehead atoms. The van der Waals surface area contributed by atoms with E-state index in [2.05, 4.69) is 19.2 Å². The van der Waals surface area contributed by atoms with E-state index in [4.69, 9.17) is 9.47 Å². The molecule has 1 saturated carbocycles. The summed E-state index contributed by atoms with van der Waals surface area (Å²) in [6, 6.07) is 11.5. The van der Waals surface area contributed by atoms with Crippen LogP contribution in [0.2, 0.25) is 0 Å². The van der Waals surface area contributed by atoms with Crippen LogP contribution in [0.15, 0.2) is 36.4 Å². The number of nitrogens with one attached hydrogen (secondary N) is 1. The van der Waals surface area contributed by atoms with Crippen LogP contribution in [0, 0.1) is 11.8 Å². The average molecular weight is 491 g/mol. The minimum atomic E-state index is -0.477. The molecule has 2 heterocycles. The molecule has 36 heavy (non-hydrogen) atoms. The number of fused-ring (bicyclic) bond motifs is 4. The van der Waals surface area contributed by atoms with Crippen LogP contribution in [-0.2, 0) is 11.2 Å². The topological polar surface area (TPSA) is 67.9 Å². The van der Waals surface area contributed by atoms with Crippen LogP contribution in [0.3, 0.4) is 0 Å². The zero-order valence-corrected chi connectivity index (χ0v) is 21.9. The highest BCUT2D eigenvalue weighted by Gasteiger charge is 2.47. The van der Waals surface area contributed by atoms with Crippen LogP contribution >= 0.6 is 0 Å². The summed E-state index contributed by atoms with van der Waals surface area (Å²) in [6.45, 7) is 10.1. The Kier molecular flexibility index (Phi) is 6.96. The summed E-state index contributed by atoms with van der Waals surface area (Å²) in [6.07, 6.45) is 4.06. The van der Waals surface area contributed by atoms with Crippen LogP contribution in [0.1, 0.15) is 86.0 Å². The molecule has 0 aromatic heterocycles. The average Bonchev–Trinajstić information content (AvgIpc) is 2.87. The molecule has 1 aliphatic carbocycles. The lowest BCUT2D eigenvalue weighted by Gasteiger charge is -2.46. The van der Waals surface area contributed by atoms with E-state index in [0.717, 1.165) is 41.7 Å². The number of hydrogen-bond acceptors (Lipinski definition) is 4. The Morgan fingerprint density at radius 1 is 1.03 bits per heavy atom. The first-order valence-corrected chi connectivity index (χ1v) is 13.6. The third-order valence-electron chi connectivity index (χ3n) is 8.50. The lowest BCUT2D eigenvalue weighted by atomic mass is 9.74. The van der Waals surface area contributed by atoms with Crippen LogP contribution in [0.4, 0.5) is 0 Å². The normalized spacial score (nSPS) is 26.9. The molecule has 5 rings (SSSR count). The van der Waals surface area contributed by atoms with Crippen LogP contribution in [-0.4, -0.2) is 42.5 Å². The van der Waals surface area contributed by atoms with Gasteiger partial charge in [-0.05, 0) is 73.4 Å². The zero-order valence-electron chi connectivity index (χ0n) is 21.9. The van der Waals surface area contributed by atoms with Gasteiger partial charge < -0.3 is 19.7 Å². The number of amides is 2. The van der Waals surface area contributed by atoms with Gasteiger partial charge >= 0.3 is 0 Å². The van der Waals surface area contributed by atoms with E-state index >= 15 is 0 Å². The van der Waals surface area contributed by atoms with Crippen molar-refractivity contribution in [3.63, 3.8) is 0 Å². The number of benzene rings is 2. The predicted molar refractivity (Wildman–Crippen MR) is 140 cm³/mol. The van der Waals surface area contributed by atoms with Gasteiger partial charge in [0.15, 0.2) is 11.5 Å². The molecule has 6 heteroatoms. The van der Waals surface area contributed by atoms with Gasteiger partial charge in [-0.25, -0.2) is 0 Å². The Hall–Kier alpha value is -3.02. The Labute approximate surface area is 214 Å². The number of carbonyl (C=O) groups excluding carboxylic acids is 2. The largest absolute Gasteiger partial charge is 0.490 e. The number of rotatable bonds is 6. The molecule has 0 radical (unpaired) electrons. The molecule has 1 fully saturated rings. The third-order valence-corrected chi connectivity index (χ3v) is 8.50. The van der Waals surface area contributed by atoms with E-state index < -0.39 is 5.92 Å². The van der Waals surface area contributed by atoms with Crippen molar-refractivity contribution in [3.05, 3.63) is 58.7 Å². The second-order valence-electron chi connectivity index (χ2n) is 10.5. The SMILES string of the molecule is CCOc1cc2c(cc1OCC)[C@@H]1[C@H](C(=O)N[C@@H]3CCC[C@@H](C)[C@H]3C)c3ccccc3C(=O)N1CC2.